The fourth-order valence-electron chi connectivity index (χ4n) is 3.22. The molecule has 7 heteroatoms. The van der Waals surface area contributed by atoms with E-state index in [1.807, 2.05) is 4.90 Å². The number of carbonyl (C=O) groups is 2. The Morgan fingerprint density at radius 3 is 1.89 bits per heavy atom. The Bertz CT molecular complexity index is 943. The van der Waals surface area contributed by atoms with Gasteiger partial charge in [-0.05, 0) is 56.2 Å². The summed E-state index contributed by atoms with van der Waals surface area (Å²) in [5.41, 5.74) is 1.38. The third kappa shape index (κ3) is 4.78. The molecular weight excluding hydrogens is 376 g/mol. The predicted molar refractivity (Wildman–Crippen MR) is 108 cm³/mol. The molecule has 0 radical (unpaired) electrons. The number of rotatable bonds is 5. The van der Waals surface area contributed by atoms with Crippen LogP contribution in [-0.4, -0.2) is 38.1 Å². The van der Waals surface area contributed by atoms with E-state index < -0.39 is 10.0 Å². The zero-order chi connectivity index (χ0) is 20.1. The van der Waals surface area contributed by atoms with E-state index in [4.69, 9.17) is 0 Å². The number of ketones is 1. The van der Waals surface area contributed by atoms with Gasteiger partial charge in [0, 0.05) is 29.9 Å². The normalized spacial score (nSPS) is 15.0. The highest BCUT2D eigenvalue weighted by molar-refractivity contribution is 7.92. The van der Waals surface area contributed by atoms with E-state index in [0.717, 1.165) is 38.8 Å². The maximum Gasteiger partial charge on any atom is 0.261 e. The molecule has 1 saturated heterocycles. The van der Waals surface area contributed by atoms with Crippen LogP contribution in [0.5, 0.6) is 0 Å². The molecule has 6 nitrogen and oxygen atoms in total. The summed E-state index contributed by atoms with van der Waals surface area (Å²) in [6.45, 7) is 2.96. The topological polar surface area (TPSA) is 83.5 Å². The second kappa shape index (κ2) is 8.56. The number of amides is 1. The molecule has 1 amide bonds. The van der Waals surface area contributed by atoms with Crippen molar-refractivity contribution in [1.82, 2.24) is 4.90 Å². The molecule has 0 saturated carbocycles. The van der Waals surface area contributed by atoms with Gasteiger partial charge in [0.1, 0.15) is 0 Å². The van der Waals surface area contributed by atoms with Gasteiger partial charge in [-0.1, -0.05) is 25.0 Å². The van der Waals surface area contributed by atoms with Gasteiger partial charge in [0.25, 0.3) is 15.9 Å². The number of carbonyl (C=O) groups excluding carboxylic acids is 2. The van der Waals surface area contributed by atoms with E-state index in [1.54, 1.807) is 24.3 Å². The fourth-order valence-corrected chi connectivity index (χ4v) is 4.28. The van der Waals surface area contributed by atoms with Gasteiger partial charge in [0.2, 0.25) is 0 Å². The van der Waals surface area contributed by atoms with Crippen LogP contribution in [0.3, 0.4) is 0 Å². The van der Waals surface area contributed by atoms with Crippen molar-refractivity contribution in [2.75, 3.05) is 17.8 Å². The Morgan fingerprint density at radius 2 is 1.36 bits per heavy atom. The van der Waals surface area contributed by atoms with E-state index in [9.17, 15) is 18.0 Å². The number of Topliss-reactive ketones (excluding diaryl/α,β-unsaturated/α-hetero) is 1. The Balaban J connectivity index is 1.70. The molecule has 0 aliphatic carbocycles. The second-order valence-electron chi connectivity index (χ2n) is 6.97. The molecule has 0 atom stereocenters. The van der Waals surface area contributed by atoms with Crippen molar-refractivity contribution >= 4 is 27.4 Å². The largest absolute Gasteiger partial charge is 0.339 e. The summed E-state index contributed by atoms with van der Waals surface area (Å²) >= 11 is 0. The van der Waals surface area contributed by atoms with Crippen LogP contribution in [-0.2, 0) is 10.0 Å². The van der Waals surface area contributed by atoms with Gasteiger partial charge in [-0.25, -0.2) is 8.42 Å². The van der Waals surface area contributed by atoms with Gasteiger partial charge in [-0.15, -0.1) is 0 Å². The van der Waals surface area contributed by atoms with Crippen LogP contribution in [0.2, 0.25) is 0 Å². The lowest BCUT2D eigenvalue weighted by Crippen LogP contribution is -2.31. The highest BCUT2D eigenvalue weighted by atomic mass is 32.2. The highest BCUT2D eigenvalue weighted by Crippen LogP contribution is 2.19. The number of anilines is 1. The van der Waals surface area contributed by atoms with Gasteiger partial charge >= 0.3 is 0 Å². The summed E-state index contributed by atoms with van der Waals surface area (Å²) in [5.74, 6) is -0.141. The maximum absolute atomic E-state index is 12.6. The highest BCUT2D eigenvalue weighted by Gasteiger charge is 2.18. The predicted octanol–water partition coefficient (Wildman–Crippen LogP) is 3.71. The van der Waals surface area contributed by atoms with E-state index in [0.29, 0.717) is 16.8 Å². The summed E-state index contributed by atoms with van der Waals surface area (Å²) in [5, 5.41) is 0. The van der Waals surface area contributed by atoms with Crippen LogP contribution in [0.25, 0.3) is 0 Å². The van der Waals surface area contributed by atoms with Crippen LogP contribution in [0.15, 0.2) is 53.4 Å². The fraction of sp³-hybridized carbons (Fsp3) is 0.333. The van der Waals surface area contributed by atoms with Crippen molar-refractivity contribution in [1.29, 1.82) is 0 Å². The number of nitrogens with zero attached hydrogens (tertiary/aromatic N) is 1. The molecule has 0 unspecified atom stereocenters. The van der Waals surface area contributed by atoms with Gasteiger partial charge in [0.05, 0.1) is 4.90 Å². The van der Waals surface area contributed by atoms with Crippen LogP contribution >= 0.6 is 0 Å². The van der Waals surface area contributed by atoms with Crippen LogP contribution in [0.4, 0.5) is 5.69 Å². The summed E-state index contributed by atoms with van der Waals surface area (Å²) in [6.07, 6.45) is 4.34. The maximum atomic E-state index is 12.6. The molecule has 1 N–H and O–H groups in total. The van der Waals surface area contributed by atoms with Crippen molar-refractivity contribution < 1.29 is 18.0 Å². The Labute approximate surface area is 165 Å². The molecule has 1 aliphatic rings. The molecule has 148 valence electrons. The standard InChI is InChI=1S/C21H24N2O4S/c1-16(24)17-8-12-20(13-9-17)28(26,27)22-19-10-6-18(7-11-19)21(25)23-14-4-2-3-5-15-23/h6-13,22H,2-5,14-15H2,1H3. The first-order valence-corrected chi connectivity index (χ1v) is 10.9. The lowest BCUT2D eigenvalue weighted by atomic mass is 10.2. The second-order valence-corrected chi connectivity index (χ2v) is 8.65. The summed E-state index contributed by atoms with van der Waals surface area (Å²) in [7, 11) is -3.77. The Hall–Kier alpha value is -2.67. The minimum atomic E-state index is -3.77. The van der Waals surface area contributed by atoms with E-state index in [2.05, 4.69) is 4.72 Å². The number of likely N-dealkylation sites (tertiary alicyclic amines) is 1. The van der Waals surface area contributed by atoms with Crippen molar-refractivity contribution in [2.24, 2.45) is 0 Å². The molecule has 2 aromatic carbocycles. The summed E-state index contributed by atoms with van der Waals surface area (Å²) in [4.78, 5) is 25.9. The molecule has 3 rings (SSSR count). The van der Waals surface area contributed by atoms with Crippen molar-refractivity contribution in [3.05, 3.63) is 59.7 Å². The molecular formula is C21H24N2O4S. The van der Waals surface area contributed by atoms with Gasteiger partial charge in [-0.3, -0.25) is 14.3 Å². The van der Waals surface area contributed by atoms with Gasteiger partial charge in [-0.2, -0.15) is 0 Å². The van der Waals surface area contributed by atoms with Gasteiger partial charge in [0.15, 0.2) is 5.78 Å². The lowest BCUT2D eigenvalue weighted by Gasteiger charge is -2.20. The third-order valence-corrected chi connectivity index (χ3v) is 6.25. The molecule has 1 fully saturated rings. The molecule has 0 aromatic heterocycles. The minimum absolute atomic E-state index is 0.0175. The minimum Gasteiger partial charge on any atom is -0.339 e. The third-order valence-electron chi connectivity index (χ3n) is 4.85. The molecule has 0 spiro atoms. The molecule has 28 heavy (non-hydrogen) atoms. The van der Waals surface area contributed by atoms with E-state index >= 15 is 0 Å². The summed E-state index contributed by atoms with van der Waals surface area (Å²) < 4.78 is 27.5. The van der Waals surface area contributed by atoms with Gasteiger partial charge < -0.3 is 4.90 Å². The summed E-state index contributed by atoms with van der Waals surface area (Å²) in [6, 6.07) is 12.2. The quantitative estimate of drug-likeness (QED) is 0.776. The first kappa shape index (κ1) is 20.1. The average Bonchev–Trinajstić information content (AvgIpc) is 2.97. The van der Waals surface area contributed by atoms with E-state index in [1.165, 1.54) is 31.2 Å². The van der Waals surface area contributed by atoms with Crippen molar-refractivity contribution in [3.63, 3.8) is 0 Å². The average molecular weight is 401 g/mol. The first-order chi connectivity index (χ1) is 13.4. The lowest BCUT2D eigenvalue weighted by molar-refractivity contribution is 0.0761. The smallest absolute Gasteiger partial charge is 0.261 e. The van der Waals surface area contributed by atoms with Crippen molar-refractivity contribution in [2.45, 2.75) is 37.5 Å². The first-order valence-electron chi connectivity index (χ1n) is 9.40. The van der Waals surface area contributed by atoms with Crippen LogP contribution in [0, 0.1) is 0 Å². The number of hydrogen-bond donors (Lipinski definition) is 1. The number of sulfonamides is 1. The Morgan fingerprint density at radius 1 is 0.821 bits per heavy atom. The SMILES string of the molecule is CC(=O)c1ccc(S(=O)(=O)Nc2ccc(C(=O)N3CCCCCC3)cc2)cc1. The van der Waals surface area contributed by atoms with Crippen LogP contribution in [0.1, 0.15) is 53.3 Å². The number of nitrogens with one attached hydrogen (secondary N) is 1. The zero-order valence-corrected chi connectivity index (χ0v) is 16.7. The molecule has 0 bridgehead atoms. The van der Waals surface area contributed by atoms with Crippen molar-refractivity contribution in [3.8, 4) is 0 Å². The van der Waals surface area contributed by atoms with Crippen LogP contribution < -0.4 is 4.72 Å². The Kier molecular flexibility index (Phi) is 6.14. The molecule has 1 aliphatic heterocycles. The monoisotopic (exact) mass is 400 g/mol. The number of benzene rings is 2. The zero-order valence-electron chi connectivity index (χ0n) is 15.8. The van der Waals surface area contributed by atoms with E-state index in [-0.39, 0.29) is 16.6 Å². The molecule has 1 heterocycles. The molecule has 2 aromatic rings. The number of hydrogen-bond acceptors (Lipinski definition) is 4.